The molecule has 0 saturated carbocycles. The van der Waals surface area contributed by atoms with Crippen molar-refractivity contribution in [1.82, 2.24) is 5.32 Å². The molecule has 1 amide bonds. The topological polar surface area (TPSA) is 92.4 Å². The van der Waals surface area contributed by atoms with E-state index in [1.54, 1.807) is 0 Å². The van der Waals surface area contributed by atoms with Crippen LogP contribution in [-0.4, -0.2) is 29.6 Å². The zero-order valence-corrected chi connectivity index (χ0v) is 11.3. The van der Waals surface area contributed by atoms with Crippen molar-refractivity contribution in [3.05, 3.63) is 34.9 Å². The summed E-state index contributed by atoms with van der Waals surface area (Å²) in [5, 5.41) is 11.2. The van der Waals surface area contributed by atoms with E-state index < -0.39 is 17.9 Å². The van der Waals surface area contributed by atoms with Crippen LogP contribution >= 0.6 is 0 Å². The summed E-state index contributed by atoms with van der Waals surface area (Å²) in [4.78, 5) is 21.9. The average Bonchev–Trinajstić information content (AvgIpc) is 2.30. The molecule has 0 spiro atoms. The van der Waals surface area contributed by atoms with Crippen LogP contribution in [0.4, 0.5) is 0 Å². The fourth-order valence-electron chi connectivity index (χ4n) is 1.86. The molecule has 1 aromatic carbocycles. The van der Waals surface area contributed by atoms with E-state index in [-0.39, 0.29) is 6.42 Å². The molecule has 4 N–H and O–H groups in total. The highest BCUT2D eigenvalue weighted by Gasteiger charge is 2.16. The van der Waals surface area contributed by atoms with Gasteiger partial charge in [-0.2, -0.15) is 0 Å². The number of benzene rings is 1. The maximum absolute atomic E-state index is 11.5. The monoisotopic (exact) mass is 264 g/mol. The summed E-state index contributed by atoms with van der Waals surface area (Å²) in [6, 6.07) is 5.17. The predicted molar refractivity (Wildman–Crippen MR) is 72.9 cm³/mol. The molecule has 104 valence electrons. The minimum absolute atomic E-state index is 0.352. The van der Waals surface area contributed by atoms with Crippen molar-refractivity contribution in [2.75, 3.05) is 6.54 Å². The highest BCUT2D eigenvalue weighted by molar-refractivity contribution is 5.85. The first-order valence-electron chi connectivity index (χ1n) is 6.21. The van der Waals surface area contributed by atoms with Crippen molar-refractivity contribution < 1.29 is 14.7 Å². The van der Waals surface area contributed by atoms with Crippen LogP contribution in [0.5, 0.6) is 0 Å². The minimum Gasteiger partial charge on any atom is -0.481 e. The van der Waals surface area contributed by atoms with Gasteiger partial charge in [0.15, 0.2) is 0 Å². The molecule has 0 aliphatic carbocycles. The second-order valence-corrected chi connectivity index (χ2v) is 4.68. The van der Waals surface area contributed by atoms with Gasteiger partial charge in [0.25, 0.3) is 0 Å². The van der Waals surface area contributed by atoms with Crippen molar-refractivity contribution in [2.24, 2.45) is 5.73 Å². The number of aliphatic carboxylic acids is 1. The smallest absolute Gasteiger partial charge is 0.305 e. The summed E-state index contributed by atoms with van der Waals surface area (Å²) in [5.74, 6) is -1.50. The number of rotatable bonds is 6. The molecule has 0 aliphatic rings. The van der Waals surface area contributed by atoms with Crippen LogP contribution in [-0.2, 0) is 16.0 Å². The van der Waals surface area contributed by atoms with Crippen LogP contribution in [0.1, 0.15) is 23.1 Å². The first-order chi connectivity index (χ1) is 8.90. The highest BCUT2D eigenvalue weighted by atomic mass is 16.4. The van der Waals surface area contributed by atoms with Crippen LogP contribution < -0.4 is 11.1 Å². The molecule has 5 heteroatoms. The van der Waals surface area contributed by atoms with Gasteiger partial charge in [-0.25, -0.2) is 0 Å². The van der Waals surface area contributed by atoms with Crippen molar-refractivity contribution in [3.63, 3.8) is 0 Å². The van der Waals surface area contributed by atoms with Crippen LogP contribution in [0.3, 0.4) is 0 Å². The molecular weight excluding hydrogens is 244 g/mol. The lowest BCUT2D eigenvalue weighted by molar-refractivity contribution is -0.139. The number of amides is 1. The van der Waals surface area contributed by atoms with Gasteiger partial charge in [0, 0.05) is 6.54 Å². The molecular formula is C14H20N2O3. The molecule has 0 heterocycles. The van der Waals surface area contributed by atoms with Crippen LogP contribution in [0.15, 0.2) is 18.2 Å². The Balaban J connectivity index is 2.41. The molecule has 1 rings (SSSR count). The molecule has 19 heavy (non-hydrogen) atoms. The summed E-state index contributed by atoms with van der Waals surface area (Å²) in [7, 11) is 0. The van der Waals surface area contributed by atoms with Gasteiger partial charge >= 0.3 is 5.97 Å². The molecule has 0 radical (unpaired) electrons. The van der Waals surface area contributed by atoms with Crippen LogP contribution in [0, 0.1) is 13.8 Å². The molecule has 1 atom stereocenters. The summed E-state index contributed by atoms with van der Waals surface area (Å²) in [6.07, 6.45) is 0.354. The molecule has 0 saturated heterocycles. The Morgan fingerprint density at radius 3 is 2.63 bits per heavy atom. The minimum atomic E-state index is -1.07. The van der Waals surface area contributed by atoms with E-state index in [2.05, 4.69) is 11.4 Å². The molecule has 1 unspecified atom stereocenters. The van der Waals surface area contributed by atoms with Gasteiger partial charge < -0.3 is 16.2 Å². The van der Waals surface area contributed by atoms with Gasteiger partial charge in [-0.15, -0.1) is 0 Å². The molecule has 1 aromatic rings. The van der Waals surface area contributed by atoms with Gasteiger partial charge in [0.2, 0.25) is 5.91 Å². The van der Waals surface area contributed by atoms with Crippen molar-refractivity contribution in [2.45, 2.75) is 32.7 Å². The summed E-state index contributed by atoms with van der Waals surface area (Å²) in [5.41, 5.74) is 9.01. The van der Waals surface area contributed by atoms with Crippen LogP contribution in [0.2, 0.25) is 0 Å². The number of hydrogen-bond donors (Lipinski definition) is 3. The Morgan fingerprint density at radius 1 is 1.37 bits per heavy atom. The third-order valence-electron chi connectivity index (χ3n) is 2.92. The van der Waals surface area contributed by atoms with E-state index in [4.69, 9.17) is 10.8 Å². The molecule has 0 fully saturated rings. The summed E-state index contributed by atoms with van der Waals surface area (Å²) in [6.45, 7) is 4.51. The summed E-state index contributed by atoms with van der Waals surface area (Å²) < 4.78 is 0. The Morgan fingerprint density at radius 2 is 2.05 bits per heavy atom. The van der Waals surface area contributed by atoms with E-state index in [1.165, 1.54) is 11.1 Å². The molecule has 5 nitrogen and oxygen atoms in total. The van der Waals surface area contributed by atoms with Crippen LogP contribution in [0.25, 0.3) is 0 Å². The molecule has 0 aromatic heterocycles. The lowest BCUT2D eigenvalue weighted by Gasteiger charge is -2.11. The third-order valence-corrected chi connectivity index (χ3v) is 2.92. The second kappa shape index (κ2) is 6.89. The Bertz CT molecular complexity index is 472. The lowest BCUT2D eigenvalue weighted by atomic mass is 10.0. The molecule has 0 aliphatic heterocycles. The maximum Gasteiger partial charge on any atom is 0.305 e. The van der Waals surface area contributed by atoms with Gasteiger partial charge in [-0.05, 0) is 31.4 Å². The Hall–Kier alpha value is -1.88. The van der Waals surface area contributed by atoms with E-state index in [0.29, 0.717) is 13.0 Å². The van der Waals surface area contributed by atoms with Gasteiger partial charge in [-0.1, -0.05) is 23.8 Å². The molecule has 0 bridgehead atoms. The normalized spacial score (nSPS) is 11.9. The number of nitrogens with two attached hydrogens (primary N) is 1. The number of carbonyl (C=O) groups excluding carboxylic acids is 1. The standard InChI is InChI=1S/C14H20N2O3/c1-9-3-4-11(10(2)7-9)5-6-16-14(19)12(15)8-13(17)18/h3-4,7,12H,5-6,8,15H2,1-2H3,(H,16,19)(H,17,18). The van der Waals surface area contributed by atoms with Gasteiger partial charge in [0.05, 0.1) is 12.5 Å². The number of aryl methyl sites for hydroxylation is 2. The maximum atomic E-state index is 11.5. The predicted octanol–water partition coefficient (Wildman–Crippen LogP) is 0.764. The fourth-order valence-corrected chi connectivity index (χ4v) is 1.86. The largest absolute Gasteiger partial charge is 0.481 e. The third kappa shape index (κ3) is 5.09. The number of hydrogen-bond acceptors (Lipinski definition) is 3. The Labute approximate surface area is 112 Å². The summed E-state index contributed by atoms with van der Waals surface area (Å²) >= 11 is 0. The fraction of sp³-hybridized carbons (Fsp3) is 0.429. The van der Waals surface area contributed by atoms with E-state index >= 15 is 0 Å². The lowest BCUT2D eigenvalue weighted by Crippen LogP contribution is -2.42. The zero-order valence-electron chi connectivity index (χ0n) is 11.3. The van der Waals surface area contributed by atoms with E-state index in [9.17, 15) is 9.59 Å². The van der Waals surface area contributed by atoms with Crippen molar-refractivity contribution >= 4 is 11.9 Å². The van der Waals surface area contributed by atoms with Gasteiger partial charge in [-0.3, -0.25) is 9.59 Å². The van der Waals surface area contributed by atoms with Gasteiger partial charge in [0.1, 0.15) is 0 Å². The SMILES string of the molecule is Cc1ccc(CCNC(=O)C(N)CC(=O)O)c(C)c1. The number of nitrogens with one attached hydrogen (secondary N) is 1. The Kier molecular flexibility index (Phi) is 5.51. The first-order valence-corrected chi connectivity index (χ1v) is 6.21. The van der Waals surface area contributed by atoms with Crippen molar-refractivity contribution in [3.8, 4) is 0 Å². The van der Waals surface area contributed by atoms with Crippen molar-refractivity contribution in [1.29, 1.82) is 0 Å². The van der Waals surface area contributed by atoms with E-state index in [1.807, 2.05) is 26.0 Å². The van der Waals surface area contributed by atoms with E-state index in [0.717, 1.165) is 5.56 Å². The second-order valence-electron chi connectivity index (χ2n) is 4.68. The number of carbonyl (C=O) groups is 2. The first kappa shape index (κ1) is 15.2. The quantitative estimate of drug-likeness (QED) is 0.707. The number of carboxylic acids is 1. The number of carboxylic acid groups (broad SMARTS) is 1. The zero-order chi connectivity index (χ0) is 14.4. The average molecular weight is 264 g/mol. The highest BCUT2D eigenvalue weighted by Crippen LogP contribution is 2.10.